The fourth-order valence-corrected chi connectivity index (χ4v) is 4.56. The highest BCUT2D eigenvalue weighted by Crippen LogP contribution is 2.27. The van der Waals surface area contributed by atoms with Crippen LogP contribution in [0.1, 0.15) is 19.4 Å². The van der Waals surface area contributed by atoms with Gasteiger partial charge in [0.05, 0.1) is 23.4 Å². The van der Waals surface area contributed by atoms with Gasteiger partial charge in [-0.15, -0.1) is 11.8 Å². The van der Waals surface area contributed by atoms with Gasteiger partial charge in [-0.05, 0) is 31.5 Å². The number of nitro groups is 1. The molecule has 0 aromatic heterocycles. The second-order valence-electron chi connectivity index (χ2n) is 7.72. The maximum Gasteiger partial charge on any atom is 0.269 e. The molecule has 1 fully saturated rings. The SMILES string of the molecule is CC(Sc1ccc([N+](=O)[O-])cc1)C(=O)N(Cc1ccccc1)C(C)CN1CCOCC1. The van der Waals surface area contributed by atoms with Gasteiger partial charge in [-0.25, -0.2) is 0 Å². The van der Waals surface area contributed by atoms with Crippen molar-refractivity contribution < 1.29 is 14.5 Å². The Labute approximate surface area is 187 Å². The van der Waals surface area contributed by atoms with Crippen LogP contribution in [0.3, 0.4) is 0 Å². The average Bonchev–Trinajstić information content (AvgIpc) is 2.78. The molecule has 0 saturated carbocycles. The number of hydrogen-bond acceptors (Lipinski definition) is 6. The van der Waals surface area contributed by atoms with Crippen molar-refractivity contribution in [3.63, 3.8) is 0 Å². The second-order valence-corrected chi connectivity index (χ2v) is 9.14. The molecule has 31 heavy (non-hydrogen) atoms. The molecule has 1 saturated heterocycles. The fraction of sp³-hybridized carbons (Fsp3) is 0.435. The molecule has 1 aliphatic rings. The number of carbonyl (C=O) groups excluding carboxylic acids is 1. The van der Waals surface area contributed by atoms with E-state index in [1.165, 1.54) is 23.9 Å². The van der Waals surface area contributed by atoms with Crippen molar-refractivity contribution in [3.8, 4) is 0 Å². The van der Waals surface area contributed by atoms with Gasteiger partial charge in [0.25, 0.3) is 5.69 Å². The summed E-state index contributed by atoms with van der Waals surface area (Å²) >= 11 is 1.43. The predicted octanol–water partition coefficient (Wildman–Crippen LogP) is 3.82. The molecule has 0 N–H and O–H groups in total. The van der Waals surface area contributed by atoms with E-state index in [9.17, 15) is 14.9 Å². The number of non-ortho nitro benzene ring substituents is 1. The quantitative estimate of drug-likeness (QED) is 0.333. The first-order valence-corrected chi connectivity index (χ1v) is 11.4. The number of amides is 1. The molecule has 0 bridgehead atoms. The van der Waals surface area contributed by atoms with Crippen LogP contribution >= 0.6 is 11.8 Å². The maximum atomic E-state index is 13.5. The van der Waals surface area contributed by atoms with Gasteiger partial charge in [0.1, 0.15) is 0 Å². The van der Waals surface area contributed by atoms with E-state index in [2.05, 4.69) is 11.8 Å². The number of nitro benzene ring substituents is 1. The minimum absolute atomic E-state index is 0.0470. The zero-order valence-electron chi connectivity index (χ0n) is 18.0. The predicted molar refractivity (Wildman–Crippen MR) is 122 cm³/mol. The number of hydrogen-bond donors (Lipinski definition) is 0. The van der Waals surface area contributed by atoms with Crippen molar-refractivity contribution >= 4 is 23.4 Å². The number of benzene rings is 2. The number of morpholine rings is 1. The van der Waals surface area contributed by atoms with Crippen molar-refractivity contribution in [1.82, 2.24) is 9.80 Å². The summed E-state index contributed by atoms with van der Waals surface area (Å²) in [5, 5.41) is 10.6. The van der Waals surface area contributed by atoms with E-state index < -0.39 is 4.92 Å². The number of rotatable bonds is 9. The monoisotopic (exact) mass is 443 g/mol. The average molecular weight is 444 g/mol. The molecule has 0 spiro atoms. The molecule has 2 aromatic carbocycles. The van der Waals surface area contributed by atoms with Gasteiger partial charge in [0.15, 0.2) is 0 Å². The molecule has 1 aliphatic heterocycles. The first-order chi connectivity index (χ1) is 14.9. The van der Waals surface area contributed by atoms with Crippen molar-refractivity contribution in [2.24, 2.45) is 0 Å². The molecule has 1 amide bonds. The molecule has 7 nitrogen and oxygen atoms in total. The standard InChI is InChI=1S/C23H29N3O4S/c1-18(16-24-12-14-30-15-13-24)25(17-20-6-4-3-5-7-20)23(27)19(2)31-22-10-8-21(9-11-22)26(28)29/h3-11,18-19H,12-17H2,1-2H3. The maximum absolute atomic E-state index is 13.5. The normalized spacial score (nSPS) is 16.5. The number of thioether (sulfide) groups is 1. The van der Waals surface area contributed by atoms with Crippen LogP contribution in [-0.4, -0.2) is 64.8 Å². The summed E-state index contributed by atoms with van der Waals surface area (Å²) in [6.07, 6.45) is 0. The minimum Gasteiger partial charge on any atom is -0.379 e. The Kier molecular flexibility index (Phi) is 8.45. The van der Waals surface area contributed by atoms with Crippen LogP contribution in [0.5, 0.6) is 0 Å². The highest BCUT2D eigenvalue weighted by Gasteiger charge is 2.27. The van der Waals surface area contributed by atoms with Crippen LogP contribution in [-0.2, 0) is 16.1 Å². The summed E-state index contributed by atoms with van der Waals surface area (Å²) in [7, 11) is 0. The molecule has 8 heteroatoms. The van der Waals surface area contributed by atoms with Gasteiger partial charge in [0.2, 0.25) is 5.91 Å². The van der Waals surface area contributed by atoms with E-state index in [0.29, 0.717) is 6.54 Å². The molecule has 166 valence electrons. The first kappa shape index (κ1) is 23.2. The van der Waals surface area contributed by atoms with Gasteiger partial charge in [-0.2, -0.15) is 0 Å². The third-order valence-corrected chi connectivity index (χ3v) is 6.44. The molecule has 1 heterocycles. The third-order valence-electron chi connectivity index (χ3n) is 5.35. The van der Waals surface area contributed by atoms with E-state index in [0.717, 1.165) is 43.3 Å². The van der Waals surface area contributed by atoms with Crippen molar-refractivity contribution in [3.05, 3.63) is 70.3 Å². The van der Waals surface area contributed by atoms with Crippen LogP contribution in [0, 0.1) is 10.1 Å². The Bertz CT molecular complexity index is 857. The summed E-state index contributed by atoms with van der Waals surface area (Å²) in [6.45, 7) is 8.56. The molecule has 0 radical (unpaired) electrons. The van der Waals surface area contributed by atoms with Crippen LogP contribution in [0.25, 0.3) is 0 Å². The van der Waals surface area contributed by atoms with E-state index in [-0.39, 0.29) is 22.9 Å². The van der Waals surface area contributed by atoms with Crippen LogP contribution in [0.2, 0.25) is 0 Å². The van der Waals surface area contributed by atoms with Gasteiger partial charge >= 0.3 is 0 Å². The van der Waals surface area contributed by atoms with Crippen LogP contribution in [0.15, 0.2) is 59.5 Å². The molecular weight excluding hydrogens is 414 g/mol. The van der Waals surface area contributed by atoms with Gasteiger partial charge in [-0.1, -0.05) is 30.3 Å². The van der Waals surface area contributed by atoms with Gasteiger partial charge in [-0.3, -0.25) is 19.8 Å². The zero-order valence-corrected chi connectivity index (χ0v) is 18.8. The van der Waals surface area contributed by atoms with Crippen molar-refractivity contribution in [2.75, 3.05) is 32.8 Å². The summed E-state index contributed by atoms with van der Waals surface area (Å²) in [4.78, 5) is 29.0. The highest BCUT2D eigenvalue weighted by atomic mass is 32.2. The van der Waals surface area contributed by atoms with Gasteiger partial charge in [0, 0.05) is 49.2 Å². The molecule has 2 unspecified atom stereocenters. The topological polar surface area (TPSA) is 75.9 Å². The lowest BCUT2D eigenvalue weighted by molar-refractivity contribution is -0.384. The lowest BCUT2D eigenvalue weighted by Crippen LogP contribution is -2.49. The van der Waals surface area contributed by atoms with Gasteiger partial charge < -0.3 is 9.64 Å². The Morgan fingerprint density at radius 3 is 2.39 bits per heavy atom. The summed E-state index contributed by atoms with van der Waals surface area (Å²) in [5.74, 6) is 0.0629. The first-order valence-electron chi connectivity index (χ1n) is 10.5. The third kappa shape index (κ3) is 6.78. The summed E-state index contributed by atoms with van der Waals surface area (Å²) in [6, 6.07) is 16.4. The largest absolute Gasteiger partial charge is 0.379 e. The summed E-state index contributed by atoms with van der Waals surface area (Å²) in [5.41, 5.74) is 1.14. The smallest absolute Gasteiger partial charge is 0.269 e. The Balaban J connectivity index is 1.71. The highest BCUT2D eigenvalue weighted by molar-refractivity contribution is 8.00. The second kappa shape index (κ2) is 11.3. The molecule has 3 rings (SSSR count). The molecular formula is C23H29N3O4S. The van der Waals surface area contributed by atoms with Crippen molar-refractivity contribution in [2.45, 2.75) is 36.6 Å². The lowest BCUT2D eigenvalue weighted by atomic mass is 10.1. The van der Waals surface area contributed by atoms with E-state index in [4.69, 9.17) is 4.74 Å². The zero-order chi connectivity index (χ0) is 22.2. The number of carbonyl (C=O) groups is 1. The summed E-state index contributed by atoms with van der Waals surface area (Å²) < 4.78 is 5.44. The Hall–Kier alpha value is -2.42. The molecule has 0 aliphatic carbocycles. The molecule has 2 aromatic rings. The fourth-order valence-electron chi connectivity index (χ4n) is 3.62. The van der Waals surface area contributed by atoms with Crippen LogP contribution in [0.4, 0.5) is 5.69 Å². The van der Waals surface area contributed by atoms with E-state index in [1.54, 1.807) is 12.1 Å². The number of ether oxygens (including phenoxy) is 1. The lowest BCUT2D eigenvalue weighted by Gasteiger charge is -2.36. The molecule has 2 atom stereocenters. The minimum atomic E-state index is -0.419. The Morgan fingerprint density at radius 1 is 1.13 bits per heavy atom. The van der Waals surface area contributed by atoms with Crippen molar-refractivity contribution in [1.29, 1.82) is 0 Å². The van der Waals surface area contributed by atoms with Crippen LogP contribution < -0.4 is 0 Å². The van der Waals surface area contributed by atoms with E-state index >= 15 is 0 Å². The van der Waals surface area contributed by atoms with E-state index in [1.807, 2.05) is 42.2 Å². The Morgan fingerprint density at radius 2 is 1.77 bits per heavy atom. The number of nitrogens with zero attached hydrogens (tertiary/aromatic N) is 3.